The van der Waals surface area contributed by atoms with E-state index in [1.807, 2.05) is 6.92 Å². The van der Waals surface area contributed by atoms with Gasteiger partial charge in [-0.3, -0.25) is 0 Å². The maximum Gasteiger partial charge on any atom is 0.243 e. The van der Waals surface area contributed by atoms with Crippen molar-refractivity contribution in [3.8, 4) is 5.75 Å². The van der Waals surface area contributed by atoms with Crippen LogP contribution in [0.4, 0.5) is 0 Å². The second-order valence-corrected chi connectivity index (χ2v) is 12.2. The molecule has 0 unspecified atom stereocenters. The van der Waals surface area contributed by atoms with Crippen molar-refractivity contribution in [2.45, 2.75) is 49.2 Å². The fourth-order valence-electron chi connectivity index (χ4n) is 3.31. The maximum atomic E-state index is 13.6. The van der Waals surface area contributed by atoms with Gasteiger partial charge in [0.25, 0.3) is 0 Å². The van der Waals surface area contributed by atoms with E-state index in [1.165, 1.54) is 28.6 Å². The monoisotopic (exact) mass is 536 g/mol. The van der Waals surface area contributed by atoms with Gasteiger partial charge in [0.2, 0.25) is 20.0 Å². The molecule has 0 aliphatic carbocycles. The quantitative estimate of drug-likeness (QED) is 0.379. The van der Waals surface area contributed by atoms with E-state index in [0.717, 1.165) is 11.1 Å². The Labute approximate surface area is 212 Å². The molecule has 0 saturated carbocycles. The maximum absolute atomic E-state index is 13.6. The van der Waals surface area contributed by atoms with Crippen LogP contribution < -0.4 is 9.46 Å². The van der Waals surface area contributed by atoms with Crippen molar-refractivity contribution in [3.63, 3.8) is 0 Å². The van der Waals surface area contributed by atoms with Crippen molar-refractivity contribution in [2.24, 2.45) is 0 Å². The third-order valence-corrected chi connectivity index (χ3v) is 9.19. The van der Waals surface area contributed by atoms with Crippen molar-refractivity contribution < 1.29 is 21.6 Å². The van der Waals surface area contributed by atoms with Crippen molar-refractivity contribution >= 4 is 31.6 Å². The highest BCUT2D eigenvalue weighted by atomic mass is 35.5. The molecule has 35 heavy (non-hydrogen) atoms. The Bertz CT molecular complexity index is 1330. The first kappa shape index (κ1) is 27.2. The predicted molar refractivity (Wildman–Crippen MR) is 137 cm³/mol. The molecule has 0 radical (unpaired) electrons. The van der Waals surface area contributed by atoms with Crippen LogP contribution in [0.5, 0.6) is 5.75 Å². The highest BCUT2D eigenvalue weighted by molar-refractivity contribution is 7.89. The molecule has 0 heterocycles. The number of sulfonamides is 2. The van der Waals surface area contributed by atoms with E-state index in [1.54, 1.807) is 62.6 Å². The molecule has 1 N–H and O–H groups in total. The second-order valence-electron chi connectivity index (χ2n) is 8.15. The molecule has 0 aromatic heterocycles. The number of ether oxygens (including phenoxy) is 1. The lowest BCUT2D eigenvalue weighted by atomic mass is 10.2. The van der Waals surface area contributed by atoms with Gasteiger partial charge in [-0.15, -0.1) is 0 Å². The van der Waals surface area contributed by atoms with Crippen LogP contribution in [-0.4, -0.2) is 34.3 Å². The summed E-state index contributed by atoms with van der Waals surface area (Å²) in [4.78, 5) is 0.0126. The van der Waals surface area contributed by atoms with Crippen LogP contribution in [0.2, 0.25) is 5.02 Å². The normalized spacial score (nSPS) is 13.1. The lowest BCUT2D eigenvalue weighted by Crippen LogP contribution is -2.32. The van der Waals surface area contributed by atoms with Crippen LogP contribution in [-0.2, 0) is 33.1 Å². The number of hydrogen-bond acceptors (Lipinski definition) is 5. The first-order chi connectivity index (χ1) is 16.5. The van der Waals surface area contributed by atoms with E-state index in [2.05, 4.69) is 4.72 Å². The van der Waals surface area contributed by atoms with Gasteiger partial charge in [0.1, 0.15) is 5.75 Å². The third kappa shape index (κ3) is 7.05. The van der Waals surface area contributed by atoms with Crippen LogP contribution in [0.3, 0.4) is 0 Å². The molecule has 0 spiro atoms. The molecule has 0 aliphatic rings. The average molecular weight is 537 g/mol. The lowest BCUT2D eigenvalue weighted by Gasteiger charge is -2.23. The van der Waals surface area contributed by atoms with E-state index in [4.69, 9.17) is 16.3 Å². The summed E-state index contributed by atoms with van der Waals surface area (Å²) in [7, 11) is -6.14. The molecule has 10 heteroatoms. The molecule has 0 bridgehead atoms. The van der Waals surface area contributed by atoms with Crippen LogP contribution >= 0.6 is 11.6 Å². The van der Waals surface area contributed by atoms with Crippen LogP contribution in [0.1, 0.15) is 31.4 Å². The molecule has 3 aromatic rings. The van der Waals surface area contributed by atoms with Crippen molar-refractivity contribution in [1.29, 1.82) is 0 Å². The number of methoxy groups -OCH3 is 1. The first-order valence-corrected chi connectivity index (χ1v) is 14.3. The minimum atomic E-state index is -3.96. The van der Waals surface area contributed by atoms with E-state index in [-0.39, 0.29) is 28.9 Å². The summed E-state index contributed by atoms with van der Waals surface area (Å²) >= 11 is 5.99. The SMILES string of the molecule is CC[C@H](C)NS(=O)(=O)c1ccc(S(=O)(=O)N(Cc2ccc(Cl)cc2)Cc2ccc(OC)cc2)cc1. The van der Waals surface area contributed by atoms with E-state index in [0.29, 0.717) is 17.2 Å². The molecule has 0 aliphatic heterocycles. The van der Waals surface area contributed by atoms with Gasteiger partial charge in [-0.25, -0.2) is 21.6 Å². The summed E-state index contributed by atoms with van der Waals surface area (Å²) < 4.78 is 61.5. The van der Waals surface area contributed by atoms with E-state index < -0.39 is 20.0 Å². The standard InChI is InChI=1S/C25H29ClN2O5S2/c1-4-19(2)27-34(29,30)24-13-15-25(16-14-24)35(31,32)28(17-20-5-9-22(26)10-6-20)18-21-7-11-23(33-3)12-8-21/h5-16,19,27H,4,17-18H2,1-3H3/t19-/m0/s1. The van der Waals surface area contributed by atoms with Gasteiger partial charge in [0.05, 0.1) is 16.9 Å². The van der Waals surface area contributed by atoms with Gasteiger partial charge in [-0.1, -0.05) is 42.8 Å². The number of nitrogens with one attached hydrogen (secondary N) is 1. The minimum absolute atomic E-state index is 0.00228. The van der Waals surface area contributed by atoms with Gasteiger partial charge >= 0.3 is 0 Å². The van der Waals surface area contributed by atoms with E-state index in [9.17, 15) is 16.8 Å². The largest absolute Gasteiger partial charge is 0.497 e. The Morgan fingerprint density at radius 3 is 1.80 bits per heavy atom. The minimum Gasteiger partial charge on any atom is -0.497 e. The topological polar surface area (TPSA) is 92.8 Å². The number of hydrogen-bond donors (Lipinski definition) is 1. The van der Waals surface area contributed by atoms with Crippen LogP contribution in [0, 0.1) is 0 Å². The molecule has 0 fully saturated rings. The molecular weight excluding hydrogens is 508 g/mol. The molecule has 188 valence electrons. The molecule has 1 atom stereocenters. The Hall–Kier alpha value is -2.43. The zero-order valence-electron chi connectivity index (χ0n) is 19.8. The first-order valence-electron chi connectivity index (χ1n) is 11.0. The smallest absolute Gasteiger partial charge is 0.243 e. The van der Waals surface area contributed by atoms with Crippen molar-refractivity contribution in [2.75, 3.05) is 7.11 Å². The molecule has 0 amide bonds. The summed E-state index contributed by atoms with van der Waals surface area (Å²) in [6, 6.07) is 19.1. The van der Waals surface area contributed by atoms with Crippen LogP contribution in [0.25, 0.3) is 0 Å². The highest BCUT2D eigenvalue weighted by Gasteiger charge is 2.26. The van der Waals surface area contributed by atoms with Gasteiger partial charge in [0.15, 0.2) is 0 Å². The van der Waals surface area contributed by atoms with Gasteiger partial charge in [-0.05, 0) is 73.0 Å². The summed E-state index contributed by atoms with van der Waals surface area (Å²) in [5.41, 5.74) is 1.55. The molecule has 3 aromatic carbocycles. The molecule has 0 saturated heterocycles. The Balaban J connectivity index is 1.93. The zero-order valence-corrected chi connectivity index (χ0v) is 22.2. The van der Waals surface area contributed by atoms with Crippen molar-refractivity contribution in [3.05, 3.63) is 88.9 Å². The van der Waals surface area contributed by atoms with Crippen LogP contribution in [0.15, 0.2) is 82.6 Å². The Morgan fingerprint density at radius 1 is 0.829 bits per heavy atom. The number of benzene rings is 3. The van der Waals surface area contributed by atoms with Gasteiger partial charge < -0.3 is 4.74 Å². The Morgan fingerprint density at radius 2 is 1.31 bits per heavy atom. The second kappa shape index (κ2) is 11.5. The fourth-order valence-corrected chi connectivity index (χ4v) is 6.18. The predicted octanol–water partition coefficient (Wildman–Crippen LogP) is 4.82. The molecule has 7 nitrogen and oxygen atoms in total. The number of nitrogens with zero attached hydrogens (tertiary/aromatic N) is 1. The highest BCUT2D eigenvalue weighted by Crippen LogP contribution is 2.24. The third-order valence-electron chi connectivity index (χ3n) is 5.53. The van der Waals surface area contributed by atoms with E-state index >= 15 is 0 Å². The summed E-state index contributed by atoms with van der Waals surface area (Å²) in [5, 5.41) is 0.557. The van der Waals surface area contributed by atoms with Crippen molar-refractivity contribution in [1.82, 2.24) is 9.03 Å². The fraction of sp³-hybridized carbons (Fsp3) is 0.280. The zero-order chi connectivity index (χ0) is 25.6. The summed E-state index contributed by atoms with van der Waals surface area (Å²) in [6.45, 7) is 3.87. The molecular formula is C25H29ClN2O5S2. The average Bonchev–Trinajstić information content (AvgIpc) is 2.85. The number of halogens is 1. The lowest BCUT2D eigenvalue weighted by molar-refractivity contribution is 0.399. The Kier molecular flexibility index (Phi) is 8.95. The molecule has 3 rings (SSSR count). The van der Waals surface area contributed by atoms with Gasteiger partial charge in [0, 0.05) is 24.2 Å². The van der Waals surface area contributed by atoms with Gasteiger partial charge in [-0.2, -0.15) is 4.31 Å². The number of rotatable bonds is 11. The summed E-state index contributed by atoms with van der Waals surface area (Å²) in [5.74, 6) is 0.670. The summed E-state index contributed by atoms with van der Waals surface area (Å²) in [6.07, 6.45) is 0.636.